The van der Waals surface area contributed by atoms with Gasteiger partial charge in [-0.05, 0) is 36.4 Å². The van der Waals surface area contributed by atoms with Gasteiger partial charge in [-0.1, -0.05) is 0 Å². The number of hydrogen-bond acceptors (Lipinski definition) is 4. The van der Waals surface area contributed by atoms with Crippen molar-refractivity contribution < 1.29 is 19.4 Å². The molecule has 0 radical (unpaired) electrons. The van der Waals surface area contributed by atoms with Crippen LogP contribution in [0.3, 0.4) is 0 Å². The number of carbonyl (C=O) groups is 1. The van der Waals surface area contributed by atoms with Crippen LogP contribution in [0.25, 0.3) is 10.1 Å². The van der Waals surface area contributed by atoms with Crippen molar-refractivity contribution in [3.05, 3.63) is 29.1 Å². The number of carboxylic acid groups (broad SMARTS) is 1. The molecule has 2 heterocycles. The summed E-state index contributed by atoms with van der Waals surface area (Å²) < 4.78 is 12.2. The first-order chi connectivity index (χ1) is 9.24. The number of ether oxygens (including phenoxy) is 2. The molecule has 0 bridgehead atoms. The highest BCUT2D eigenvalue weighted by molar-refractivity contribution is 7.17. The number of thiophene rings is 1. The number of hydrogen-bond donors (Lipinski definition) is 1. The maximum atomic E-state index is 11.1. The minimum Gasteiger partial charge on any atom is -0.490 e. The van der Waals surface area contributed by atoms with E-state index in [2.05, 4.69) is 0 Å². The van der Waals surface area contributed by atoms with Gasteiger partial charge in [0.1, 0.15) is 12.4 Å². The van der Waals surface area contributed by atoms with Crippen molar-refractivity contribution >= 4 is 27.4 Å². The molecule has 1 aliphatic rings. The van der Waals surface area contributed by atoms with Crippen LogP contribution in [0.1, 0.15) is 23.2 Å². The van der Waals surface area contributed by atoms with Gasteiger partial charge in [-0.3, -0.25) is 0 Å². The van der Waals surface area contributed by atoms with Crippen LogP contribution in [-0.2, 0) is 4.74 Å². The molecule has 1 aliphatic heterocycles. The Kier molecular flexibility index (Phi) is 3.40. The smallest absolute Gasteiger partial charge is 0.335 e. The molecule has 1 N–H and O–H groups in total. The van der Waals surface area contributed by atoms with E-state index in [1.807, 2.05) is 11.4 Å². The summed E-state index contributed by atoms with van der Waals surface area (Å²) in [4.78, 5) is 11.1. The number of benzene rings is 1. The standard InChI is InChI=1S/C14H14O4S/c15-14(16)9-6-12(11-3-5-19-13(11)7-9)18-8-10-2-1-4-17-10/h3,5-7,10H,1-2,4,8H2,(H,15,16)/t10-/m0/s1. The number of aromatic carboxylic acids is 1. The molecule has 1 fully saturated rings. The average molecular weight is 278 g/mol. The van der Waals surface area contributed by atoms with Crippen LogP contribution in [0, 0.1) is 0 Å². The molecule has 1 aromatic heterocycles. The molecule has 1 saturated heterocycles. The van der Waals surface area contributed by atoms with E-state index in [1.54, 1.807) is 12.1 Å². The Bertz CT molecular complexity index is 599. The highest BCUT2D eigenvalue weighted by Gasteiger charge is 2.17. The second kappa shape index (κ2) is 5.19. The van der Waals surface area contributed by atoms with Gasteiger partial charge in [0.2, 0.25) is 0 Å². The average Bonchev–Trinajstić information content (AvgIpc) is 3.06. The van der Waals surface area contributed by atoms with Crippen LogP contribution in [-0.4, -0.2) is 30.4 Å². The van der Waals surface area contributed by atoms with E-state index in [-0.39, 0.29) is 11.7 Å². The zero-order valence-electron chi connectivity index (χ0n) is 10.3. The van der Waals surface area contributed by atoms with E-state index in [4.69, 9.17) is 14.6 Å². The monoisotopic (exact) mass is 278 g/mol. The third-order valence-electron chi connectivity index (χ3n) is 3.23. The maximum absolute atomic E-state index is 11.1. The lowest BCUT2D eigenvalue weighted by atomic mass is 10.1. The fourth-order valence-electron chi connectivity index (χ4n) is 2.24. The van der Waals surface area contributed by atoms with Crippen LogP contribution in [0.4, 0.5) is 0 Å². The Morgan fingerprint density at radius 3 is 3.16 bits per heavy atom. The summed E-state index contributed by atoms with van der Waals surface area (Å²) in [5.41, 5.74) is 0.261. The third-order valence-corrected chi connectivity index (χ3v) is 4.09. The summed E-state index contributed by atoms with van der Waals surface area (Å²) in [6.07, 6.45) is 2.20. The summed E-state index contributed by atoms with van der Waals surface area (Å²) in [6.45, 7) is 1.27. The topological polar surface area (TPSA) is 55.8 Å². The predicted octanol–water partition coefficient (Wildman–Crippen LogP) is 3.16. The largest absolute Gasteiger partial charge is 0.490 e. The molecule has 0 saturated carbocycles. The van der Waals surface area contributed by atoms with Crippen molar-refractivity contribution in [1.82, 2.24) is 0 Å². The first-order valence-electron chi connectivity index (χ1n) is 6.23. The third kappa shape index (κ3) is 2.57. The van der Waals surface area contributed by atoms with Gasteiger partial charge >= 0.3 is 5.97 Å². The van der Waals surface area contributed by atoms with Crippen LogP contribution in [0.15, 0.2) is 23.6 Å². The summed E-state index contributed by atoms with van der Waals surface area (Å²) in [5.74, 6) is -0.302. The van der Waals surface area contributed by atoms with Gasteiger partial charge in [0.25, 0.3) is 0 Å². The summed E-state index contributed by atoms with van der Waals surface area (Å²) in [7, 11) is 0. The SMILES string of the molecule is O=C(O)c1cc(OC[C@@H]2CCCO2)c2ccsc2c1. The van der Waals surface area contributed by atoms with Gasteiger partial charge in [-0.25, -0.2) is 4.79 Å². The fourth-order valence-corrected chi connectivity index (χ4v) is 3.08. The molecule has 3 rings (SSSR count). The van der Waals surface area contributed by atoms with Crippen LogP contribution >= 0.6 is 11.3 Å². The Morgan fingerprint density at radius 2 is 2.42 bits per heavy atom. The molecule has 1 aromatic carbocycles. The fraction of sp³-hybridized carbons (Fsp3) is 0.357. The minimum atomic E-state index is -0.933. The van der Waals surface area contributed by atoms with Crippen molar-refractivity contribution in [2.24, 2.45) is 0 Å². The lowest BCUT2D eigenvalue weighted by Gasteiger charge is -2.12. The van der Waals surface area contributed by atoms with Crippen molar-refractivity contribution in [3.8, 4) is 5.75 Å². The first-order valence-corrected chi connectivity index (χ1v) is 7.11. The Labute approximate surface area is 114 Å². The van der Waals surface area contributed by atoms with Crippen molar-refractivity contribution in [1.29, 1.82) is 0 Å². The Balaban J connectivity index is 1.87. The van der Waals surface area contributed by atoms with Gasteiger partial charge in [0.15, 0.2) is 0 Å². The van der Waals surface area contributed by atoms with Crippen LogP contribution in [0.5, 0.6) is 5.75 Å². The second-order valence-corrected chi connectivity index (χ2v) is 5.51. The zero-order valence-corrected chi connectivity index (χ0v) is 11.1. The lowest BCUT2D eigenvalue weighted by molar-refractivity contribution is 0.0677. The highest BCUT2D eigenvalue weighted by Crippen LogP contribution is 2.32. The molecular formula is C14H14O4S. The van der Waals surface area contributed by atoms with E-state index in [9.17, 15) is 4.79 Å². The van der Waals surface area contributed by atoms with E-state index < -0.39 is 5.97 Å². The van der Waals surface area contributed by atoms with Crippen LogP contribution < -0.4 is 4.74 Å². The quantitative estimate of drug-likeness (QED) is 0.933. The van der Waals surface area contributed by atoms with Gasteiger partial charge in [-0.2, -0.15) is 0 Å². The van der Waals surface area contributed by atoms with Gasteiger partial charge in [0.05, 0.1) is 11.7 Å². The normalized spacial score (nSPS) is 18.8. The van der Waals surface area contributed by atoms with E-state index >= 15 is 0 Å². The summed E-state index contributed by atoms with van der Waals surface area (Å²) >= 11 is 1.52. The molecule has 0 amide bonds. The van der Waals surface area contributed by atoms with Crippen molar-refractivity contribution in [2.45, 2.75) is 18.9 Å². The molecule has 0 spiro atoms. The Hall–Kier alpha value is -1.59. The first kappa shape index (κ1) is 12.4. The van der Waals surface area contributed by atoms with Crippen molar-refractivity contribution in [3.63, 3.8) is 0 Å². The van der Waals surface area contributed by atoms with E-state index in [0.29, 0.717) is 12.4 Å². The van der Waals surface area contributed by atoms with Crippen LogP contribution in [0.2, 0.25) is 0 Å². The minimum absolute atomic E-state index is 0.127. The molecule has 2 aromatic rings. The predicted molar refractivity (Wildman–Crippen MR) is 73.3 cm³/mol. The zero-order chi connectivity index (χ0) is 13.2. The molecular weight excluding hydrogens is 264 g/mol. The molecule has 100 valence electrons. The van der Waals surface area contributed by atoms with Gasteiger partial charge in [0, 0.05) is 16.7 Å². The molecule has 5 heteroatoms. The lowest BCUT2D eigenvalue weighted by Crippen LogP contribution is -2.16. The van der Waals surface area contributed by atoms with E-state index in [1.165, 1.54) is 11.3 Å². The molecule has 4 nitrogen and oxygen atoms in total. The Morgan fingerprint density at radius 1 is 1.53 bits per heavy atom. The number of fused-ring (bicyclic) bond motifs is 1. The number of carboxylic acids is 1. The molecule has 0 unspecified atom stereocenters. The van der Waals surface area contributed by atoms with Crippen molar-refractivity contribution in [2.75, 3.05) is 13.2 Å². The van der Waals surface area contributed by atoms with E-state index in [0.717, 1.165) is 29.5 Å². The highest BCUT2D eigenvalue weighted by atomic mass is 32.1. The number of rotatable bonds is 4. The summed E-state index contributed by atoms with van der Waals surface area (Å²) in [6, 6.07) is 5.23. The summed E-state index contributed by atoms with van der Waals surface area (Å²) in [5, 5.41) is 12.0. The van der Waals surface area contributed by atoms with Gasteiger partial charge < -0.3 is 14.6 Å². The maximum Gasteiger partial charge on any atom is 0.335 e. The molecule has 1 atom stereocenters. The molecule has 0 aliphatic carbocycles. The second-order valence-electron chi connectivity index (χ2n) is 4.56. The van der Waals surface area contributed by atoms with Gasteiger partial charge in [-0.15, -0.1) is 11.3 Å². The molecule has 19 heavy (non-hydrogen) atoms.